The quantitative estimate of drug-likeness (QED) is 0.112. The van der Waals surface area contributed by atoms with Crippen LogP contribution in [-0.2, 0) is 35.1 Å². The Balaban J connectivity index is 2.89. The Labute approximate surface area is 269 Å². The molecule has 1 aromatic rings. The van der Waals surface area contributed by atoms with Crippen LogP contribution in [0.4, 0.5) is 4.79 Å². The highest BCUT2D eigenvalue weighted by Crippen LogP contribution is 2.16. The lowest BCUT2D eigenvalue weighted by atomic mass is 10.00. The molecule has 0 radical (unpaired) electrons. The Bertz CT molecular complexity index is 1180. The van der Waals surface area contributed by atoms with Gasteiger partial charge in [0.05, 0.1) is 13.0 Å². The zero-order chi connectivity index (χ0) is 33.9. The molecule has 0 bridgehead atoms. The normalized spacial score (nSPS) is 13.6. The molecule has 0 saturated carbocycles. The Kier molecular flexibility index (Phi) is 14.8. The van der Waals surface area contributed by atoms with Crippen LogP contribution in [0.1, 0.15) is 97.6 Å². The lowest BCUT2D eigenvalue weighted by Gasteiger charge is -2.30. The van der Waals surface area contributed by atoms with Crippen LogP contribution >= 0.6 is 22.9 Å². The summed E-state index contributed by atoms with van der Waals surface area (Å²) in [6.07, 6.45) is 1.80. The minimum absolute atomic E-state index is 0.0583. The summed E-state index contributed by atoms with van der Waals surface area (Å²) in [5.74, 6) is -2.41. The summed E-state index contributed by atoms with van der Waals surface area (Å²) >= 11 is 6.97. The van der Waals surface area contributed by atoms with Crippen molar-refractivity contribution in [3.63, 3.8) is 0 Å². The number of nitrogens with zero attached hydrogens (tertiary/aromatic N) is 1. The second-order valence-corrected chi connectivity index (χ2v) is 14.3. The fraction of sp³-hybridized carbons (Fsp3) is 0.667. The molecule has 0 aliphatic heterocycles. The first-order valence-corrected chi connectivity index (χ1v) is 15.7. The Hall–Kier alpha value is -3.19. The van der Waals surface area contributed by atoms with Crippen LogP contribution in [0.15, 0.2) is 17.5 Å². The monoisotopic (exact) mass is 658 g/mol. The van der Waals surface area contributed by atoms with Gasteiger partial charge in [0.2, 0.25) is 11.8 Å². The first-order valence-electron chi connectivity index (χ1n) is 14.3. The van der Waals surface area contributed by atoms with Gasteiger partial charge in [-0.25, -0.2) is 19.4 Å². The molecule has 0 saturated heterocycles. The van der Waals surface area contributed by atoms with Crippen LogP contribution in [0.25, 0.3) is 0 Å². The molecule has 14 heteroatoms. The zero-order valence-electron chi connectivity index (χ0n) is 27.3. The van der Waals surface area contributed by atoms with E-state index in [-0.39, 0.29) is 24.6 Å². The van der Waals surface area contributed by atoms with E-state index in [2.05, 4.69) is 20.9 Å². The van der Waals surface area contributed by atoms with Gasteiger partial charge < -0.3 is 30.2 Å². The van der Waals surface area contributed by atoms with Crippen LogP contribution in [0.5, 0.6) is 0 Å². The van der Waals surface area contributed by atoms with Gasteiger partial charge in [-0.2, -0.15) is 0 Å². The van der Waals surface area contributed by atoms with Crippen LogP contribution in [-0.4, -0.2) is 69.6 Å². The van der Waals surface area contributed by atoms with E-state index in [1.54, 1.807) is 72.9 Å². The number of aromatic nitrogens is 1. The third-order valence-electron chi connectivity index (χ3n) is 5.47. The molecule has 0 aliphatic carbocycles. The molecule has 1 heterocycles. The fourth-order valence-corrected chi connectivity index (χ4v) is 4.19. The molecule has 12 nitrogen and oxygen atoms in total. The lowest BCUT2D eigenvalue weighted by molar-refractivity contribution is -0.153. The van der Waals surface area contributed by atoms with Gasteiger partial charge in [-0.3, -0.25) is 9.59 Å². The number of amides is 3. The van der Waals surface area contributed by atoms with E-state index in [0.717, 1.165) is 0 Å². The minimum Gasteiger partial charge on any atom is -0.456 e. The van der Waals surface area contributed by atoms with Crippen LogP contribution in [0, 0.1) is 5.92 Å². The number of alkyl halides is 1. The second-order valence-electron chi connectivity index (χ2n) is 12.9. The topological polar surface area (TPSA) is 162 Å². The number of ether oxygens (including phenoxy) is 3. The number of thiazole rings is 1. The minimum atomic E-state index is -1.41. The van der Waals surface area contributed by atoms with Crippen molar-refractivity contribution in [1.29, 1.82) is 0 Å². The van der Waals surface area contributed by atoms with Gasteiger partial charge in [-0.05, 0) is 73.8 Å². The smallest absolute Gasteiger partial charge is 0.408 e. The van der Waals surface area contributed by atoms with Gasteiger partial charge >= 0.3 is 18.0 Å². The number of alkyl carbamates (subject to hydrolysis) is 1. The maximum absolute atomic E-state index is 13.2. The molecule has 1 aromatic heterocycles. The Morgan fingerprint density at radius 2 is 1.61 bits per heavy atom. The average Bonchev–Trinajstić information content (AvgIpc) is 3.32. The number of rotatable bonds is 14. The summed E-state index contributed by atoms with van der Waals surface area (Å²) in [6, 6.07) is -1.07. The molecule has 0 aliphatic rings. The van der Waals surface area contributed by atoms with Crippen molar-refractivity contribution < 1.29 is 38.2 Å². The second kappa shape index (κ2) is 16.8. The van der Waals surface area contributed by atoms with E-state index in [1.807, 2.05) is 0 Å². The molecular formula is C30H47ClN4O8S. The molecular weight excluding hydrogens is 612 g/mol. The number of hydrogen-bond acceptors (Lipinski definition) is 10. The van der Waals surface area contributed by atoms with Crippen LogP contribution < -0.4 is 16.0 Å². The Morgan fingerprint density at radius 3 is 2.16 bits per heavy atom. The van der Waals surface area contributed by atoms with Gasteiger partial charge in [0.1, 0.15) is 33.9 Å². The molecule has 3 N–H and O–H groups in total. The van der Waals surface area contributed by atoms with E-state index >= 15 is 0 Å². The molecule has 3 amide bonds. The molecule has 44 heavy (non-hydrogen) atoms. The van der Waals surface area contributed by atoms with Crippen LogP contribution in [0.2, 0.25) is 0 Å². The molecule has 248 valence electrons. The zero-order valence-corrected chi connectivity index (χ0v) is 28.9. The van der Waals surface area contributed by atoms with Gasteiger partial charge in [0, 0.05) is 11.3 Å². The van der Waals surface area contributed by atoms with Crippen molar-refractivity contribution in [1.82, 2.24) is 20.9 Å². The molecule has 2 atom stereocenters. The lowest BCUT2D eigenvalue weighted by Crippen LogP contribution is -2.59. The summed E-state index contributed by atoms with van der Waals surface area (Å²) in [7, 11) is 0. The fourth-order valence-electron chi connectivity index (χ4n) is 3.36. The standard InChI is InChI=1S/C30H47ClN4O8S/c1-18(2)23(34-26(39)30(9,10)35-27(40)43-29(6,7)8)25(38)41-19(13-11-12-14-31)15-21(36)32-16-22-33-20(17-44-22)24(37)42-28(3,4)5/h11,13,17-19,23H,12,14-16H2,1-10H3,(H,32,36)(H,34,39)(H,35,40). The van der Waals surface area contributed by atoms with Crippen molar-refractivity contribution in [3.8, 4) is 0 Å². The maximum atomic E-state index is 13.2. The molecule has 1 rings (SSSR count). The highest BCUT2D eigenvalue weighted by atomic mass is 35.5. The first kappa shape index (κ1) is 38.8. The highest BCUT2D eigenvalue weighted by molar-refractivity contribution is 7.09. The molecule has 0 aromatic carbocycles. The van der Waals surface area contributed by atoms with E-state index in [4.69, 9.17) is 25.8 Å². The van der Waals surface area contributed by atoms with Gasteiger partial charge in [-0.15, -0.1) is 22.9 Å². The molecule has 0 fully saturated rings. The number of nitrogens with one attached hydrogen (secondary N) is 3. The maximum Gasteiger partial charge on any atom is 0.408 e. The van der Waals surface area contributed by atoms with E-state index < -0.39 is 58.7 Å². The van der Waals surface area contributed by atoms with Gasteiger partial charge in [-0.1, -0.05) is 19.9 Å². The van der Waals surface area contributed by atoms with Crippen molar-refractivity contribution in [2.75, 3.05) is 5.88 Å². The summed E-state index contributed by atoms with van der Waals surface area (Å²) < 4.78 is 16.2. The predicted molar refractivity (Wildman–Crippen MR) is 168 cm³/mol. The molecule has 0 spiro atoms. The third kappa shape index (κ3) is 15.0. The number of esters is 2. The summed E-state index contributed by atoms with van der Waals surface area (Å²) in [4.78, 5) is 67.8. The van der Waals surface area contributed by atoms with E-state index in [0.29, 0.717) is 17.3 Å². The number of halogens is 1. The summed E-state index contributed by atoms with van der Waals surface area (Å²) in [5.41, 5.74) is -2.68. The van der Waals surface area contributed by atoms with Crippen molar-refractivity contribution >= 4 is 52.8 Å². The summed E-state index contributed by atoms with van der Waals surface area (Å²) in [5, 5.41) is 9.93. The van der Waals surface area contributed by atoms with E-state index in [1.165, 1.54) is 25.2 Å². The van der Waals surface area contributed by atoms with Gasteiger partial charge in [0.15, 0.2) is 5.69 Å². The number of allylic oxidation sites excluding steroid dienone is 1. The predicted octanol–water partition coefficient (Wildman–Crippen LogP) is 4.65. The van der Waals surface area contributed by atoms with Crippen molar-refractivity contribution in [2.45, 2.75) is 118 Å². The summed E-state index contributed by atoms with van der Waals surface area (Å²) in [6.45, 7) is 16.8. The van der Waals surface area contributed by atoms with Crippen molar-refractivity contribution in [2.24, 2.45) is 5.92 Å². The average molecular weight is 659 g/mol. The number of carbonyl (C=O) groups excluding carboxylic acids is 5. The Morgan fingerprint density at radius 1 is 1.00 bits per heavy atom. The highest BCUT2D eigenvalue weighted by Gasteiger charge is 2.36. The van der Waals surface area contributed by atoms with Crippen molar-refractivity contribution in [3.05, 3.63) is 28.2 Å². The van der Waals surface area contributed by atoms with Crippen LogP contribution in [0.3, 0.4) is 0 Å². The third-order valence-corrected chi connectivity index (χ3v) is 6.53. The van der Waals surface area contributed by atoms with E-state index in [9.17, 15) is 24.0 Å². The first-order chi connectivity index (χ1) is 20.1. The largest absolute Gasteiger partial charge is 0.456 e. The molecule has 2 unspecified atom stereocenters. The number of carbonyl (C=O) groups is 5. The van der Waals surface area contributed by atoms with Gasteiger partial charge in [0.25, 0.3) is 0 Å². The number of hydrogen-bond donors (Lipinski definition) is 3. The SMILES string of the molecule is CC(C)C(NC(=O)C(C)(C)NC(=O)OC(C)(C)C)C(=O)OC(C=CCCCl)CC(=O)NCc1nc(C(=O)OC(C)(C)C)cs1.